The van der Waals surface area contributed by atoms with E-state index in [9.17, 15) is 29.4 Å². The molecule has 1 aliphatic carbocycles. The van der Waals surface area contributed by atoms with Gasteiger partial charge in [-0.3, -0.25) is 29.2 Å². The molecule has 13 nitrogen and oxygen atoms in total. The molecule has 13 heteroatoms. The van der Waals surface area contributed by atoms with Crippen molar-refractivity contribution in [3.05, 3.63) is 83.4 Å². The van der Waals surface area contributed by atoms with Crippen molar-refractivity contribution >= 4 is 34.4 Å². The molecule has 7 rings (SSSR count). The van der Waals surface area contributed by atoms with Gasteiger partial charge in [-0.15, -0.1) is 0 Å². The number of rotatable bonds is 9. The average molecular weight is 861 g/mol. The number of hydrogen-bond donors (Lipinski definition) is 4. The van der Waals surface area contributed by atoms with Gasteiger partial charge in [0.25, 0.3) is 5.91 Å². The number of ketones is 1. The lowest BCUT2D eigenvalue weighted by molar-refractivity contribution is -0.147. The van der Waals surface area contributed by atoms with Gasteiger partial charge in [-0.25, -0.2) is 5.43 Å². The number of likely N-dealkylation sites (N-methyl/N-ethyl adjacent to an activating group) is 1. The molecule has 4 aromatic rings. The first-order chi connectivity index (χ1) is 30.0. The van der Waals surface area contributed by atoms with E-state index < -0.39 is 29.9 Å². The Morgan fingerprint density at radius 3 is 2.54 bits per heavy atom. The number of benzene rings is 2. The van der Waals surface area contributed by atoms with Crippen LogP contribution >= 0.6 is 0 Å². The minimum atomic E-state index is -1.10. The Morgan fingerprint density at radius 2 is 1.84 bits per heavy atom. The number of carbonyl (C=O) groups is 4. The average Bonchev–Trinajstić information content (AvgIpc) is 3.55. The summed E-state index contributed by atoms with van der Waals surface area (Å²) >= 11 is 0. The zero-order valence-electron chi connectivity index (χ0n) is 38.0. The van der Waals surface area contributed by atoms with Gasteiger partial charge >= 0.3 is 0 Å². The highest BCUT2D eigenvalue weighted by atomic mass is 16.5. The van der Waals surface area contributed by atoms with E-state index in [0.29, 0.717) is 63.6 Å². The van der Waals surface area contributed by atoms with Gasteiger partial charge in [0.2, 0.25) is 11.8 Å². The third kappa shape index (κ3) is 9.41. The number of ether oxygens (including phenoxy) is 1. The maximum absolute atomic E-state index is 14.7. The number of nitrogens with one attached hydrogen (secondary N) is 2. The van der Waals surface area contributed by atoms with Crippen molar-refractivity contribution in [1.82, 2.24) is 30.2 Å². The molecule has 2 aromatic carbocycles. The van der Waals surface area contributed by atoms with Crippen LogP contribution in [0.2, 0.25) is 0 Å². The van der Waals surface area contributed by atoms with Crippen LogP contribution in [0.25, 0.3) is 33.3 Å². The SMILES string of the molecule is CCn1c(-c2cccnc2[C@H](C)OC)c2c3cc(ccc31)-c1cc(O)cc(c1)C[C@H](NC(=O)[C@H](C(C)C)N(C)C(=O)C1CC(=CO)C1)C(=O)N1CCC[C@H](N1)C(=O)CCC(C)(C)C2. The predicted molar refractivity (Wildman–Crippen MR) is 243 cm³/mol. The van der Waals surface area contributed by atoms with Gasteiger partial charge in [-0.2, -0.15) is 0 Å². The van der Waals surface area contributed by atoms with E-state index in [1.54, 1.807) is 32.5 Å². The molecule has 0 spiro atoms. The van der Waals surface area contributed by atoms with Crippen LogP contribution in [0.4, 0.5) is 0 Å². The number of Topliss-reactive ketones (excluding diaryl/α,β-unsaturated/α-hetero) is 1. The summed E-state index contributed by atoms with van der Waals surface area (Å²) < 4.78 is 8.15. The number of carbonyl (C=O) groups excluding carboxylic acids is 4. The number of fused-ring (bicyclic) bond motifs is 6. The molecule has 0 radical (unpaired) electrons. The molecule has 63 heavy (non-hydrogen) atoms. The van der Waals surface area contributed by atoms with Crippen molar-refractivity contribution in [2.45, 2.75) is 124 Å². The molecule has 0 unspecified atom stereocenters. The third-order valence-corrected chi connectivity index (χ3v) is 13.4. The second kappa shape index (κ2) is 18.7. The van der Waals surface area contributed by atoms with Crippen molar-refractivity contribution in [2.24, 2.45) is 17.3 Å². The number of aromatic hydroxyl groups is 1. The molecule has 1 saturated heterocycles. The summed E-state index contributed by atoms with van der Waals surface area (Å²) in [5, 5.41) is 26.2. The summed E-state index contributed by atoms with van der Waals surface area (Å²) in [6.45, 7) is 13.3. The van der Waals surface area contributed by atoms with Crippen LogP contribution in [0, 0.1) is 17.3 Å². The Morgan fingerprint density at radius 1 is 1.08 bits per heavy atom. The number of aromatic nitrogens is 2. The number of phenols is 1. The monoisotopic (exact) mass is 860 g/mol. The van der Waals surface area contributed by atoms with Gasteiger partial charge in [0, 0.05) is 68.7 Å². The summed E-state index contributed by atoms with van der Waals surface area (Å²) in [6, 6.07) is 13.1. The van der Waals surface area contributed by atoms with E-state index in [1.807, 2.05) is 39.0 Å². The Bertz CT molecular complexity index is 2410. The van der Waals surface area contributed by atoms with Gasteiger partial charge in [0.05, 0.1) is 29.8 Å². The number of hydrazine groups is 1. The smallest absolute Gasteiger partial charge is 0.259 e. The summed E-state index contributed by atoms with van der Waals surface area (Å²) in [5.74, 6) is -1.66. The van der Waals surface area contributed by atoms with Crippen LogP contribution in [0.5, 0.6) is 5.75 Å². The largest absolute Gasteiger partial charge is 0.516 e. The number of aliphatic hydroxyl groups is 1. The molecule has 6 bridgehead atoms. The molecule has 2 fully saturated rings. The Hall–Kier alpha value is -5.53. The van der Waals surface area contributed by atoms with Gasteiger partial charge in [0.15, 0.2) is 5.78 Å². The van der Waals surface area contributed by atoms with Gasteiger partial charge in [0.1, 0.15) is 17.8 Å². The zero-order chi connectivity index (χ0) is 45.3. The molecule has 3 aliphatic rings. The molecule has 4 atom stereocenters. The molecular weight excluding hydrogens is 797 g/mol. The van der Waals surface area contributed by atoms with Crippen molar-refractivity contribution in [1.29, 1.82) is 0 Å². The van der Waals surface area contributed by atoms with Crippen molar-refractivity contribution in [3.63, 3.8) is 0 Å². The lowest BCUT2D eigenvalue weighted by atomic mass is 9.79. The van der Waals surface area contributed by atoms with Gasteiger partial charge in [-0.1, -0.05) is 39.8 Å². The van der Waals surface area contributed by atoms with Crippen LogP contribution in [-0.4, -0.2) is 92.0 Å². The Labute approximate surface area is 370 Å². The minimum Gasteiger partial charge on any atom is -0.516 e. The quantitative estimate of drug-likeness (QED) is 0.124. The van der Waals surface area contributed by atoms with Gasteiger partial charge in [-0.05, 0) is 128 Å². The summed E-state index contributed by atoms with van der Waals surface area (Å²) in [5.41, 5.74) is 11.1. The molecule has 2 aliphatic heterocycles. The Balaban J connectivity index is 1.33. The lowest BCUT2D eigenvalue weighted by Crippen LogP contribution is -2.62. The highest BCUT2D eigenvalue weighted by molar-refractivity contribution is 5.96. The van der Waals surface area contributed by atoms with Crippen molar-refractivity contribution in [2.75, 3.05) is 20.7 Å². The first-order valence-corrected chi connectivity index (χ1v) is 22.5. The van der Waals surface area contributed by atoms with E-state index in [2.05, 4.69) is 54.3 Å². The summed E-state index contributed by atoms with van der Waals surface area (Å²) in [4.78, 5) is 63.0. The van der Waals surface area contributed by atoms with Crippen LogP contribution in [0.1, 0.15) is 103 Å². The van der Waals surface area contributed by atoms with E-state index in [1.165, 1.54) is 9.91 Å². The number of phenolic OH excluding ortho intramolecular Hbond substituents is 1. The topological polar surface area (TPSA) is 166 Å². The van der Waals surface area contributed by atoms with Crippen molar-refractivity contribution in [3.8, 4) is 28.1 Å². The number of allylic oxidation sites excluding steroid dienone is 1. The highest BCUT2D eigenvalue weighted by Crippen LogP contribution is 2.43. The van der Waals surface area contributed by atoms with Crippen LogP contribution in [0.3, 0.4) is 0 Å². The zero-order valence-corrected chi connectivity index (χ0v) is 38.0. The molecule has 4 N–H and O–H groups in total. The fourth-order valence-corrected chi connectivity index (χ4v) is 9.90. The molecule has 3 amide bonds. The van der Waals surface area contributed by atoms with Gasteiger partial charge < -0.3 is 29.7 Å². The lowest BCUT2D eigenvalue weighted by Gasteiger charge is -2.38. The fourth-order valence-electron chi connectivity index (χ4n) is 9.90. The number of pyridine rings is 1. The van der Waals surface area contributed by atoms with E-state index in [0.717, 1.165) is 56.4 Å². The standard InChI is InChI=1S/C50H64N6O7/c1-9-55-42-15-14-33-26-38(42)39(46(55)37-12-10-18-51-44(37)30(4)63-8)27-50(5,6)17-16-43(59)40-13-11-19-56(53-40)49(62)41(24-31-20-34(33)25-36(58)23-31)52-47(60)45(29(2)3)54(7)48(61)35-21-32(22-35)28-57/h10,12,14-15,18,20,23,25-26,28-30,35,40-41,45,53,57-58H,9,11,13,16-17,19,21-22,24,27H2,1-8H3,(H,52,60)/t30-,35?,40-,41-,45-/m0/s1. The number of aryl methyl sites for hydroxylation is 1. The van der Waals surface area contributed by atoms with Crippen molar-refractivity contribution < 1.29 is 34.1 Å². The maximum atomic E-state index is 14.7. The molecule has 1 saturated carbocycles. The third-order valence-electron chi connectivity index (χ3n) is 13.4. The number of nitrogens with zero attached hydrogens (tertiary/aromatic N) is 4. The van der Waals surface area contributed by atoms with Crippen LogP contribution in [-0.2, 0) is 43.3 Å². The summed E-state index contributed by atoms with van der Waals surface area (Å²) in [7, 11) is 3.30. The Kier molecular flexibility index (Phi) is 13.5. The second-order valence-corrected chi connectivity index (χ2v) is 18.9. The predicted octanol–water partition coefficient (Wildman–Crippen LogP) is 7.59. The normalized spacial score (nSPS) is 21.4. The minimum absolute atomic E-state index is 0.0141. The molecule has 4 heterocycles. The number of hydrogen-bond acceptors (Lipinski definition) is 9. The second-order valence-electron chi connectivity index (χ2n) is 18.9. The molecule has 336 valence electrons. The number of aliphatic hydroxyl groups excluding tert-OH is 1. The van der Waals surface area contributed by atoms with E-state index in [-0.39, 0.29) is 47.2 Å². The van der Waals surface area contributed by atoms with E-state index in [4.69, 9.17) is 9.72 Å². The maximum Gasteiger partial charge on any atom is 0.259 e. The molecule has 2 aromatic heterocycles. The fraction of sp³-hybridized carbons (Fsp3) is 0.500. The van der Waals surface area contributed by atoms with Crippen LogP contribution in [0.15, 0.2) is 66.6 Å². The van der Waals surface area contributed by atoms with E-state index >= 15 is 0 Å². The first-order valence-electron chi connectivity index (χ1n) is 22.5. The van der Waals surface area contributed by atoms with Crippen LogP contribution < -0.4 is 10.7 Å². The highest BCUT2D eigenvalue weighted by Gasteiger charge is 2.40. The summed E-state index contributed by atoms with van der Waals surface area (Å²) in [6.07, 6.45) is 6.26. The first kappa shape index (κ1) is 45.5. The number of methoxy groups -OCH3 is 1. The number of amides is 3. The molecular formula is C50H64N6O7.